The molecule has 5 nitrogen and oxygen atoms in total. The summed E-state index contributed by atoms with van der Waals surface area (Å²) in [5.74, 6) is -0.247. The number of benzene rings is 1. The molecule has 0 saturated carbocycles. The van der Waals surface area contributed by atoms with E-state index >= 15 is 0 Å². The SMILES string of the molecule is C/C=C\C(=N/C)c1cccc(-c2csc(NC(=O)CN)n2)c1. The first-order valence-electron chi connectivity index (χ1n) is 6.83. The monoisotopic (exact) mass is 314 g/mol. The maximum absolute atomic E-state index is 11.3. The van der Waals surface area contributed by atoms with Crippen molar-refractivity contribution in [1.29, 1.82) is 0 Å². The second-order valence-electron chi connectivity index (χ2n) is 4.48. The summed E-state index contributed by atoms with van der Waals surface area (Å²) in [5, 5.41) is 5.12. The number of carbonyl (C=O) groups is 1. The average molecular weight is 314 g/mol. The molecule has 6 heteroatoms. The Kier molecular flexibility index (Phi) is 5.57. The van der Waals surface area contributed by atoms with Crippen LogP contribution in [0.5, 0.6) is 0 Å². The van der Waals surface area contributed by atoms with Gasteiger partial charge in [0.1, 0.15) is 0 Å². The van der Waals surface area contributed by atoms with Crippen LogP contribution in [0.3, 0.4) is 0 Å². The van der Waals surface area contributed by atoms with Gasteiger partial charge in [-0.3, -0.25) is 9.79 Å². The van der Waals surface area contributed by atoms with Gasteiger partial charge in [0.25, 0.3) is 0 Å². The zero-order valence-corrected chi connectivity index (χ0v) is 13.4. The average Bonchev–Trinajstić information content (AvgIpc) is 3.01. The predicted octanol–water partition coefficient (Wildman–Crippen LogP) is 2.70. The van der Waals surface area contributed by atoms with Crippen molar-refractivity contribution in [3.8, 4) is 11.3 Å². The van der Waals surface area contributed by atoms with E-state index in [1.807, 2.05) is 48.7 Å². The number of aromatic nitrogens is 1. The number of hydrogen-bond donors (Lipinski definition) is 2. The van der Waals surface area contributed by atoms with E-state index in [1.165, 1.54) is 11.3 Å². The van der Waals surface area contributed by atoms with E-state index in [0.29, 0.717) is 5.13 Å². The van der Waals surface area contributed by atoms with Crippen molar-refractivity contribution in [2.75, 3.05) is 18.9 Å². The highest BCUT2D eigenvalue weighted by Gasteiger charge is 2.08. The first kappa shape index (κ1) is 16.1. The molecule has 1 aromatic carbocycles. The van der Waals surface area contributed by atoms with Crippen LogP contribution in [-0.4, -0.2) is 30.2 Å². The highest BCUT2D eigenvalue weighted by molar-refractivity contribution is 7.14. The molecule has 1 aromatic heterocycles. The minimum atomic E-state index is -0.247. The topological polar surface area (TPSA) is 80.4 Å². The predicted molar refractivity (Wildman–Crippen MR) is 92.5 cm³/mol. The van der Waals surface area contributed by atoms with E-state index in [1.54, 1.807) is 7.05 Å². The van der Waals surface area contributed by atoms with Gasteiger partial charge in [-0.1, -0.05) is 24.3 Å². The lowest BCUT2D eigenvalue weighted by Crippen LogP contribution is -2.21. The highest BCUT2D eigenvalue weighted by atomic mass is 32.1. The molecule has 2 aromatic rings. The van der Waals surface area contributed by atoms with Gasteiger partial charge in [-0.25, -0.2) is 4.98 Å². The summed E-state index contributed by atoms with van der Waals surface area (Å²) in [6.07, 6.45) is 3.92. The molecule has 0 unspecified atom stereocenters. The summed E-state index contributed by atoms with van der Waals surface area (Å²) in [6.45, 7) is 1.91. The van der Waals surface area contributed by atoms with E-state index in [4.69, 9.17) is 5.73 Å². The summed E-state index contributed by atoms with van der Waals surface area (Å²) >= 11 is 1.38. The number of nitrogens with one attached hydrogen (secondary N) is 1. The fourth-order valence-electron chi connectivity index (χ4n) is 1.93. The molecule has 0 bridgehead atoms. The van der Waals surface area contributed by atoms with Crippen LogP contribution in [0.25, 0.3) is 11.3 Å². The minimum absolute atomic E-state index is 0.0515. The van der Waals surface area contributed by atoms with Crippen LogP contribution in [0, 0.1) is 0 Å². The fraction of sp³-hybridized carbons (Fsp3) is 0.188. The van der Waals surface area contributed by atoms with Crippen LogP contribution < -0.4 is 11.1 Å². The zero-order valence-electron chi connectivity index (χ0n) is 12.5. The normalized spacial score (nSPS) is 11.9. The molecule has 1 heterocycles. The van der Waals surface area contributed by atoms with Crippen LogP contribution >= 0.6 is 11.3 Å². The number of allylic oxidation sites excluding steroid dienone is 2. The third kappa shape index (κ3) is 3.87. The number of thiazole rings is 1. The molecule has 0 fully saturated rings. The largest absolute Gasteiger partial charge is 0.322 e. The molecule has 2 rings (SSSR count). The van der Waals surface area contributed by atoms with Crippen LogP contribution in [-0.2, 0) is 4.79 Å². The van der Waals surface area contributed by atoms with Crippen LogP contribution in [0.15, 0.2) is 46.8 Å². The van der Waals surface area contributed by atoms with E-state index in [-0.39, 0.29) is 12.5 Å². The van der Waals surface area contributed by atoms with Crippen LogP contribution in [0.1, 0.15) is 12.5 Å². The van der Waals surface area contributed by atoms with Crippen LogP contribution in [0.4, 0.5) is 5.13 Å². The molecule has 0 saturated heterocycles. The molecule has 0 spiro atoms. The van der Waals surface area contributed by atoms with Crippen molar-refractivity contribution in [3.63, 3.8) is 0 Å². The molecular weight excluding hydrogens is 296 g/mol. The number of rotatable bonds is 5. The first-order valence-corrected chi connectivity index (χ1v) is 7.71. The molecule has 0 aliphatic heterocycles. The van der Waals surface area contributed by atoms with Crippen LogP contribution in [0.2, 0.25) is 0 Å². The lowest BCUT2D eigenvalue weighted by molar-refractivity contribution is -0.114. The number of nitrogens with zero attached hydrogens (tertiary/aromatic N) is 2. The second-order valence-corrected chi connectivity index (χ2v) is 5.34. The van der Waals surface area contributed by atoms with Crippen molar-refractivity contribution in [1.82, 2.24) is 4.98 Å². The van der Waals surface area contributed by atoms with Gasteiger partial charge in [-0.15, -0.1) is 11.3 Å². The van der Waals surface area contributed by atoms with E-state index in [9.17, 15) is 4.79 Å². The summed E-state index contributed by atoms with van der Waals surface area (Å²) in [4.78, 5) is 20.0. The Bertz CT molecular complexity index is 718. The van der Waals surface area contributed by atoms with E-state index in [0.717, 1.165) is 22.5 Å². The highest BCUT2D eigenvalue weighted by Crippen LogP contribution is 2.25. The number of hydrogen-bond acceptors (Lipinski definition) is 5. The Labute approximate surface area is 133 Å². The smallest absolute Gasteiger partial charge is 0.239 e. The Morgan fingerprint density at radius 2 is 2.32 bits per heavy atom. The van der Waals surface area contributed by atoms with Gasteiger partial charge in [0.15, 0.2) is 5.13 Å². The lowest BCUT2D eigenvalue weighted by atomic mass is 10.0. The fourth-order valence-corrected chi connectivity index (χ4v) is 2.67. The molecule has 0 aliphatic carbocycles. The standard InChI is InChI=1S/C16H18N4OS/c1-3-5-13(18-2)11-6-4-7-12(8-11)14-10-22-16(19-14)20-15(21)9-17/h3-8,10H,9,17H2,1-2H3,(H,19,20,21)/b5-3-,18-13+. The molecular formula is C16H18N4OS. The van der Waals surface area contributed by atoms with Crippen molar-refractivity contribution in [3.05, 3.63) is 47.4 Å². The molecule has 0 aliphatic rings. The lowest BCUT2D eigenvalue weighted by Gasteiger charge is -2.03. The summed E-state index contributed by atoms with van der Waals surface area (Å²) < 4.78 is 0. The molecule has 3 N–H and O–H groups in total. The van der Waals surface area contributed by atoms with Crippen molar-refractivity contribution >= 4 is 28.1 Å². The number of aliphatic imine (C=N–C) groups is 1. The number of nitrogens with two attached hydrogens (primary N) is 1. The van der Waals surface area contributed by atoms with Gasteiger partial charge >= 0.3 is 0 Å². The molecule has 22 heavy (non-hydrogen) atoms. The summed E-state index contributed by atoms with van der Waals surface area (Å²) in [6, 6.07) is 7.99. The van der Waals surface area contributed by atoms with Gasteiger partial charge in [-0.2, -0.15) is 0 Å². The van der Waals surface area contributed by atoms with Crippen molar-refractivity contribution in [2.45, 2.75) is 6.92 Å². The van der Waals surface area contributed by atoms with Gasteiger partial charge in [0.2, 0.25) is 5.91 Å². The number of amides is 1. The maximum atomic E-state index is 11.3. The van der Waals surface area contributed by atoms with Gasteiger partial charge < -0.3 is 11.1 Å². The Morgan fingerprint density at radius 1 is 1.50 bits per heavy atom. The van der Waals surface area contributed by atoms with Gasteiger partial charge in [0, 0.05) is 23.6 Å². The molecule has 114 valence electrons. The minimum Gasteiger partial charge on any atom is -0.322 e. The van der Waals surface area contributed by atoms with Crippen molar-refractivity contribution < 1.29 is 4.79 Å². The molecule has 1 amide bonds. The third-order valence-electron chi connectivity index (χ3n) is 2.96. The number of anilines is 1. The summed E-state index contributed by atoms with van der Waals surface area (Å²) in [5.41, 5.74) is 9.01. The second kappa shape index (κ2) is 7.63. The van der Waals surface area contributed by atoms with Gasteiger partial charge in [0.05, 0.1) is 18.0 Å². The number of carbonyl (C=O) groups excluding carboxylic acids is 1. The quantitative estimate of drug-likeness (QED) is 0.833. The molecule has 0 radical (unpaired) electrons. The zero-order chi connectivity index (χ0) is 15.9. The Balaban J connectivity index is 2.28. The summed E-state index contributed by atoms with van der Waals surface area (Å²) in [7, 11) is 1.77. The first-order chi connectivity index (χ1) is 10.7. The Morgan fingerprint density at radius 3 is 3.00 bits per heavy atom. The van der Waals surface area contributed by atoms with E-state index < -0.39 is 0 Å². The van der Waals surface area contributed by atoms with E-state index in [2.05, 4.69) is 15.3 Å². The Hall–Kier alpha value is -2.31. The molecule has 0 atom stereocenters. The third-order valence-corrected chi connectivity index (χ3v) is 3.71. The van der Waals surface area contributed by atoms with Gasteiger partial charge in [-0.05, 0) is 19.1 Å². The van der Waals surface area contributed by atoms with Crippen molar-refractivity contribution in [2.24, 2.45) is 10.7 Å². The maximum Gasteiger partial charge on any atom is 0.239 e.